The number of nitrogens with one attached hydrogen (secondary N) is 1. The Kier molecular flexibility index (Phi) is 4.10. The first-order valence-electron chi connectivity index (χ1n) is 6.95. The van der Waals surface area contributed by atoms with E-state index >= 15 is 0 Å². The van der Waals surface area contributed by atoms with Crippen molar-refractivity contribution in [2.24, 2.45) is 0 Å². The Morgan fingerprint density at radius 2 is 1.95 bits per heavy atom. The first-order chi connectivity index (χ1) is 10.5. The molecule has 0 aliphatic heterocycles. The van der Waals surface area contributed by atoms with E-state index in [-0.39, 0.29) is 11.9 Å². The zero-order valence-corrected chi connectivity index (χ0v) is 14.4. The predicted octanol–water partition coefficient (Wildman–Crippen LogP) is 3.87. The van der Waals surface area contributed by atoms with E-state index in [9.17, 15) is 4.79 Å². The third-order valence-corrected chi connectivity index (χ3v) is 4.01. The van der Waals surface area contributed by atoms with Gasteiger partial charge in [-0.25, -0.2) is 9.67 Å². The molecule has 6 heteroatoms. The molecule has 0 radical (unpaired) electrons. The predicted molar refractivity (Wildman–Crippen MR) is 95.0 cm³/mol. The number of aromatic nitrogens is 3. The Labute approximate surface area is 141 Å². The summed E-state index contributed by atoms with van der Waals surface area (Å²) in [4.78, 5) is 16.6. The summed E-state index contributed by atoms with van der Waals surface area (Å²) in [7, 11) is 0. The van der Waals surface area contributed by atoms with Crippen LogP contribution in [-0.2, 0) is 0 Å². The zero-order valence-electron chi connectivity index (χ0n) is 12.2. The Hall–Kier alpha value is -1.96. The summed E-state index contributed by atoms with van der Waals surface area (Å²) in [5.41, 5.74) is 2.11. The molecule has 1 amide bonds. The quantitative estimate of drug-likeness (QED) is 0.672. The maximum absolute atomic E-state index is 12.2. The molecule has 5 nitrogen and oxygen atoms in total. The highest BCUT2D eigenvalue weighted by atomic mass is 127. The number of pyridine rings is 1. The second-order valence-electron chi connectivity index (χ2n) is 5.28. The van der Waals surface area contributed by atoms with Gasteiger partial charge < -0.3 is 5.32 Å². The molecule has 112 valence electrons. The minimum Gasteiger partial charge on any atom is -0.321 e. The molecule has 0 saturated heterocycles. The van der Waals surface area contributed by atoms with Crippen LogP contribution in [0.15, 0.2) is 42.7 Å². The Balaban J connectivity index is 1.85. The number of carbonyl (C=O) groups excluding carboxylic acids is 1. The van der Waals surface area contributed by atoms with Crippen molar-refractivity contribution in [1.29, 1.82) is 0 Å². The van der Waals surface area contributed by atoms with Crippen molar-refractivity contribution in [2.75, 3.05) is 5.32 Å². The van der Waals surface area contributed by atoms with Crippen LogP contribution in [-0.4, -0.2) is 20.7 Å². The maximum Gasteiger partial charge on any atom is 0.255 e. The molecular weight excluding hydrogens is 391 g/mol. The van der Waals surface area contributed by atoms with Gasteiger partial charge in [0.1, 0.15) is 0 Å². The molecule has 3 aromatic rings. The highest BCUT2D eigenvalue weighted by molar-refractivity contribution is 14.1. The average Bonchev–Trinajstić information content (AvgIpc) is 2.91. The van der Waals surface area contributed by atoms with Gasteiger partial charge in [-0.1, -0.05) is 0 Å². The van der Waals surface area contributed by atoms with Crippen molar-refractivity contribution >= 4 is 45.2 Å². The van der Waals surface area contributed by atoms with Gasteiger partial charge in [-0.05, 0) is 66.8 Å². The van der Waals surface area contributed by atoms with Gasteiger partial charge in [0.05, 0.1) is 18.1 Å². The lowest BCUT2D eigenvalue weighted by Gasteiger charge is -2.07. The first-order valence-corrected chi connectivity index (χ1v) is 8.02. The number of carbonyl (C=O) groups is 1. The molecule has 0 aliphatic carbocycles. The third-order valence-electron chi connectivity index (χ3n) is 3.29. The molecule has 1 aromatic carbocycles. The normalized spacial score (nSPS) is 11.1. The number of hydrogen-bond acceptors (Lipinski definition) is 3. The lowest BCUT2D eigenvalue weighted by atomic mass is 10.2. The van der Waals surface area contributed by atoms with E-state index in [2.05, 4.69) is 51.8 Å². The number of amides is 1. The number of nitrogens with zero attached hydrogens (tertiary/aromatic N) is 3. The van der Waals surface area contributed by atoms with E-state index in [1.54, 1.807) is 24.5 Å². The van der Waals surface area contributed by atoms with Gasteiger partial charge in [-0.2, -0.15) is 5.10 Å². The Bertz CT molecular complexity index is 824. The summed E-state index contributed by atoms with van der Waals surface area (Å²) < 4.78 is 2.96. The van der Waals surface area contributed by atoms with Crippen LogP contribution in [0.1, 0.15) is 30.2 Å². The number of hydrogen-bond donors (Lipinski definition) is 1. The smallest absolute Gasteiger partial charge is 0.255 e. The van der Waals surface area contributed by atoms with Crippen molar-refractivity contribution in [1.82, 2.24) is 14.8 Å². The molecule has 0 spiro atoms. The van der Waals surface area contributed by atoms with Crippen LogP contribution < -0.4 is 5.32 Å². The second kappa shape index (κ2) is 6.04. The average molecular weight is 406 g/mol. The van der Waals surface area contributed by atoms with Crippen molar-refractivity contribution in [2.45, 2.75) is 19.9 Å². The zero-order chi connectivity index (χ0) is 15.7. The molecule has 0 aliphatic rings. The summed E-state index contributed by atoms with van der Waals surface area (Å²) in [5, 5.41) is 8.10. The fourth-order valence-corrected chi connectivity index (χ4v) is 2.55. The van der Waals surface area contributed by atoms with Gasteiger partial charge in [-0.3, -0.25) is 4.79 Å². The van der Waals surface area contributed by atoms with Gasteiger partial charge in [0, 0.05) is 20.6 Å². The fraction of sp³-hybridized carbons (Fsp3) is 0.188. The van der Waals surface area contributed by atoms with E-state index < -0.39 is 0 Å². The van der Waals surface area contributed by atoms with Crippen LogP contribution in [0.3, 0.4) is 0 Å². The lowest BCUT2D eigenvalue weighted by Crippen LogP contribution is -2.12. The summed E-state index contributed by atoms with van der Waals surface area (Å²) in [6.07, 6.45) is 3.43. The highest BCUT2D eigenvalue weighted by Gasteiger charge is 2.10. The molecular formula is C16H15IN4O. The number of halogens is 1. The molecule has 22 heavy (non-hydrogen) atoms. The van der Waals surface area contributed by atoms with Crippen LogP contribution in [0.4, 0.5) is 5.69 Å². The standard InChI is InChI=1S/C16H15IN4O/c1-10(2)21-15-12(8-19-21)7-14(9-18-15)20-16(22)11-3-5-13(17)6-4-11/h3-10H,1-2H3,(H,20,22). The number of benzene rings is 1. The van der Waals surface area contributed by atoms with Gasteiger partial charge in [0.25, 0.3) is 5.91 Å². The van der Waals surface area contributed by atoms with E-state index in [0.717, 1.165) is 14.6 Å². The molecule has 1 N–H and O–H groups in total. The molecule has 0 unspecified atom stereocenters. The van der Waals surface area contributed by atoms with Gasteiger partial charge in [-0.15, -0.1) is 0 Å². The summed E-state index contributed by atoms with van der Waals surface area (Å²) in [6.45, 7) is 4.11. The summed E-state index contributed by atoms with van der Waals surface area (Å²) in [6, 6.07) is 9.56. The second-order valence-corrected chi connectivity index (χ2v) is 6.53. The molecule has 2 heterocycles. The van der Waals surface area contributed by atoms with Crippen LogP contribution >= 0.6 is 22.6 Å². The minimum absolute atomic E-state index is 0.145. The number of fused-ring (bicyclic) bond motifs is 1. The largest absolute Gasteiger partial charge is 0.321 e. The van der Waals surface area contributed by atoms with Crippen LogP contribution in [0.5, 0.6) is 0 Å². The SMILES string of the molecule is CC(C)n1ncc2cc(NC(=O)c3ccc(I)cc3)cnc21. The Morgan fingerprint density at radius 3 is 2.64 bits per heavy atom. The van der Waals surface area contributed by atoms with E-state index in [1.165, 1.54) is 0 Å². The van der Waals surface area contributed by atoms with Gasteiger partial charge in [0.15, 0.2) is 5.65 Å². The summed E-state index contributed by atoms with van der Waals surface area (Å²) >= 11 is 2.21. The first kappa shape index (κ1) is 15.0. The Morgan fingerprint density at radius 1 is 1.23 bits per heavy atom. The molecule has 3 rings (SSSR count). The molecule has 0 saturated carbocycles. The van der Waals surface area contributed by atoms with E-state index in [1.807, 2.05) is 22.9 Å². The van der Waals surface area contributed by atoms with Crippen LogP contribution in [0.25, 0.3) is 11.0 Å². The van der Waals surface area contributed by atoms with Crippen molar-refractivity contribution < 1.29 is 4.79 Å². The van der Waals surface area contributed by atoms with Gasteiger partial charge >= 0.3 is 0 Å². The van der Waals surface area contributed by atoms with Crippen molar-refractivity contribution in [3.8, 4) is 0 Å². The number of rotatable bonds is 3. The molecule has 0 bridgehead atoms. The fourth-order valence-electron chi connectivity index (χ4n) is 2.19. The maximum atomic E-state index is 12.2. The van der Waals surface area contributed by atoms with Crippen molar-refractivity contribution in [3.63, 3.8) is 0 Å². The van der Waals surface area contributed by atoms with E-state index in [0.29, 0.717) is 11.3 Å². The molecule has 2 aromatic heterocycles. The monoisotopic (exact) mass is 406 g/mol. The molecule has 0 atom stereocenters. The lowest BCUT2D eigenvalue weighted by molar-refractivity contribution is 0.102. The highest BCUT2D eigenvalue weighted by Crippen LogP contribution is 2.19. The van der Waals surface area contributed by atoms with E-state index in [4.69, 9.17) is 0 Å². The van der Waals surface area contributed by atoms with Crippen LogP contribution in [0, 0.1) is 3.57 Å². The molecule has 0 fully saturated rings. The number of anilines is 1. The van der Waals surface area contributed by atoms with Crippen molar-refractivity contribution in [3.05, 3.63) is 51.9 Å². The van der Waals surface area contributed by atoms with Crippen LogP contribution in [0.2, 0.25) is 0 Å². The topological polar surface area (TPSA) is 59.8 Å². The third kappa shape index (κ3) is 2.96. The van der Waals surface area contributed by atoms with Gasteiger partial charge in [0.2, 0.25) is 0 Å². The summed E-state index contributed by atoms with van der Waals surface area (Å²) in [5.74, 6) is -0.145. The minimum atomic E-state index is -0.145.